The minimum Gasteiger partial charge on any atom is -0.318 e. The molecule has 90 valence electrons. The second-order valence-electron chi connectivity index (χ2n) is 4.30. The summed E-state index contributed by atoms with van der Waals surface area (Å²) in [7, 11) is 4.14. The van der Waals surface area contributed by atoms with Crippen LogP contribution in [0.3, 0.4) is 0 Å². The molecule has 2 unspecified atom stereocenters. The largest absolute Gasteiger partial charge is 0.318 e. The molecule has 0 amide bonds. The van der Waals surface area contributed by atoms with Gasteiger partial charge < -0.3 is 5.32 Å². The van der Waals surface area contributed by atoms with E-state index in [1.807, 2.05) is 19.2 Å². The van der Waals surface area contributed by atoms with Crippen LogP contribution >= 0.6 is 11.6 Å². The lowest BCUT2D eigenvalue weighted by atomic mass is 10.1. The summed E-state index contributed by atoms with van der Waals surface area (Å²) in [5.41, 5.74) is 1.30. The molecule has 1 N–H and O–H groups in total. The predicted molar refractivity (Wildman–Crippen MR) is 71.0 cm³/mol. The van der Waals surface area contributed by atoms with Crippen LogP contribution in [0.25, 0.3) is 0 Å². The average Bonchev–Trinajstić information content (AvgIpc) is 2.28. The van der Waals surface area contributed by atoms with Gasteiger partial charge in [0.15, 0.2) is 0 Å². The van der Waals surface area contributed by atoms with E-state index >= 15 is 0 Å². The first-order valence-electron chi connectivity index (χ1n) is 5.68. The first kappa shape index (κ1) is 13.5. The zero-order chi connectivity index (χ0) is 12.1. The van der Waals surface area contributed by atoms with Crippen molar-refractivity contribution in [2.75, 3.05) is 20.6 Å². The highest BCUT2D eigenvalue weighted by Gasteiger charge is 2.16. The SMILES string of the molecule is CNCC(C)N(C)C(C)c1ccc(Cl)cc1. The molecule has 0 heterocycles. The number of benzene rings is 1. The number of nitrogens with one attached hydrogen (secondary N) is 1. The maximum Gasteiger partial charge on any atom is 0.0406 e. The first-order valence-corrected chi connectivity index (χ1v) is 6.06. The number of likely N-dealkylation sites (N-methyl/N-ethyl adjacent to an activating group) is 2. The number of halogens is 1. The van der Waals surface area contributed by atoms with Crippen molar-refractivity contribution in [2.24, 2.45) is 0 Å². The summed E-state index contributed by atoms with van der Waals surface area (Å²) < 4.78 is 0. The molecular weight excluding hydrogens is 220 g/mol. The molecule has 16 heavy (non-hydrogen) atoms. The third kappa shape index (κ3) is 3.48. The molecule has 0 aliphatic heterocycles. The Morgan fingerprint density at radius 3 is 2.31 bits per heavy atom. The Morgan fingerprint density at radius 1 is 1.25 bits per heavy atom. The van der Waals surface area contributed by atoms with E-state index in [-0.39, 0.29) is 0 Å². The van der Waals surface area contributed by atoms with E-state index in [0.29, 0.717) is 12.1 Å². The van der Waals surface area contributed by atoms with Crippen molar-refractivity contribution in [3.63, 3.8) is 0 Å². The minimum atomic E-state index is 0.403. The van der Waals surface area contributed by atoms with Gasteiger partial charge in [0.2, 0.25) is 0 Å². The summed E-state index contributed by atoms with van der Waals surface area (Å²) >= 11 is 5.88. The van der Waals surface area contributed by atoms with E-state index in [0.717, 1.165) is 11.6 Å². The Kier molecular flexibility index (Phi) is 5.26. The van der Waals surface area contributed by atoms with E-state index in [2.05, 4.69) is 43.2 Å². The molecule has 1 aromatic rings. The smallest absolute Gasteiger partial charge is 0.0406 e. The predicted octanol–water partition coefficient (Wildman–Crippen LogP) is 2.94. The van der Waals surface area contributed by atoms with Crippen molar-refractivity contribution in [2.45, 2.75) is 25.9 Å². The van der Waals surface area contributed by atoms with Gasteiger partial charge in [0.05, 0.1) is 0 Å². The molecule has 3 heteroatoms. The van der Waals surface area contributed by atoms with Gasteiger partial charge in [-0.15, -0.1) is 0 Å². The molecule has 1 aromatic carbocycles. The first-order chi connectivity index (χ1) is 7.56. The normalized spacial score (nSPS) is 15.1. The summed E-state index contributed by atoms with van der Waals surface area (Å²) in [5.74, 6) is 0. The van der Waals surface area contributed by atoms with Crippen LogP contribution in [0, 0.1) is 0 Å². The van der Waals surface area contributed by atoms with Crippen molar-refractivity contribution in [3.05, 3.63) is 34.9 Å². The number of nitrogens with zero attached hydrogens (tertiary/aromatic N) is 1. The molecule has 0 bridgehead atoms. The quantitative estimate of drug-likeness (QED) is 0.852. The zero-order valence-corrected chi connectivity index (χ0v) is 11.3. The Balaban J connectivity index is 2.69. The maximum atomic E-state index is 5.88. The molecular formula is C13H21ClN2. The van der Waals surface area contributed by atoms with Crippen molar-refractivity contribution in [1.29, 1.82) is 0 Å². The van der Waals surface area contributed by atoms with Crippen LogP contribution in [0.15, 0.2) is 24.3 Å². The number of rotatable bonds is 5. The van der Waals surface area contributed by atoms with Gasteiger partial charge in [0.25, 0.3) is 0 Å². The molecule has 0 spiro atoms. The second-order valence-corrected chi connectivity index (χ2v) is 4.74. The van der Waals surface area contributed by atoms with Gasteiger partial charge in [-0.2, -0.15) is 0 Å². The molecule has 0 saturated carbocycles. The van der Waals surface area contributed by atoms with Crippen molar-refractivity contribution >= 4 is 11.6 Å². The summed E-state index contributed by atoms with van der Waals surface area (Å²) in [6.45, 7) is 5.44. The third-order valence-corrected chi connectivity index (χ3v) is 3.41. The van der Waals surface area contributed by atoms with Crippen LogP contribution in [0.2, 0.25) is 5.02 Å². The lowest BCUT2D eigenvalue weighted by molar-refractivity contribution is 0.195. The molecule has 0 aliphatic carbocycles. The van der Waals surface area contributed by atoms with Gasteiger partial charge in [-0.05, 0) is 45.6 Å². The van der Waals surface area contributed by atoms with Crippen LogP contribution in [0.1, 0.15) is 25.5 Å². The van der Waals surface area contributed by atoms with Crippen LogP contribution in [-0.4, -0.2) is 31.6 Å². The van der Waals surface area contributed by atoms with Crippen LogP contribution in [0.4, 0.5) is 0 Å². The minimum absolute atomic E-state index is 0.403. The van der Waals surface area contributed by atoms with Crippen LogP contribution in [-0.2, 0) is 0 Å². The number of hydrogen-bond acceptors (Lipinski definition) is 2. The molecule has 1 rings (SSSR count). The van der Waals surface area contributed by atoms with E-state index in [9.17, 15) is 0 Å². The fourth-order valence-corrected chi connectivity index (χ4v) is 1.92. The summed E-state index contributed by atoms with van der Waals surface area (Å²) in [6.07, 6.45) is 0. The van der Waals surface area contributed by atoms with Crippen LogP contribution in [0.5, 0.6) is 0 Å². The summed E-state index contributed by atoms with van der Waals surface area (Å²) in [5, 5.41) is 3.99. The van der Waals surface area contributed by atoms with Gasteiger partial charge in [-0.25, -0.2) is 0 Å². The van der Waals surface area contributed by atoms with Gasteiger partial charge in [0.1, 0.15) is 0 Å². The number of hydrogen-bond donors (Lipinski definition) is 1. The highest BCUT2D eigenvalue weighted by atomic mass is 35.5. The van der Waals surface area contributed by atoms with E-state index < -0.39 is 0 Å². The standard InChI is InChI=1S/C13H21ClN2/c1-10(9-15-3)16(4)11(2)12-5-7-13(14)8-6-12/h5-8,10-11,15H,9H2,1-4H3. The van der Waals surface area contributed by atoms with Crippen LogP contribution < -0.4 is 5.32 Å². The topological polar surface area (TPSA) is 15.3 Å². The van der Waals surface area contributed by atoms with Gasteiger partial charge in [-0.3, -0.25) is 4.90 Å². The van der Waals surface area contributed by atoms with Gasteiger partial charge in [-0.1, -0.05) is 23.7 Å². The molecule has 0 aliphatic rings. The fraction of sp³-hybridized carbons (Fsp3) is 0.538. The fourth-order valence-electron chi connectivity index (χ4n) is 1.80. The molecule has 0 saturated heterocycles. The zero-order valence-electron chi connectivity index (χ0n) is 10.5. The monoisotopic (exact) mass is 240 g/mol. The average molecular weight is 241 g/mol. The highest BCUT2D eigenvalue weighted by molar-refractivity contribution is 6.30. The maximum absolute atomic E-state index is 5.88. The lowest BCUT2D eigenvalue weighted by Crippen LogP contribution is -2.38. The van der Waals surface area contributed by atoms with Crippen molar-refractivity contribution in [3.8, 4) is 0 Å². The Labute approximate surface area is 104 Å². The summed E-state index contributed by atoms with van der Waals surface area (Å²) in [6, 6.07) is 9.00. The molecule has 0 radical (unpaired) electrons. The van der Waals surface area contributed by atoms with E-state index in [1.54, 1.807) is 0 Å². The Morgan fingerprint density at radius 2 is 1.81 bits per heavy atom. The van der Waals surface area contributed by atoms with Crippen molar-refractivity contribution in [1.82, 2.24) is 10.2 Å². The molecule has 2 atom stereocenters. The van der Waals surface area contributed by atoms with Gasteiger partial charge >= 0.3 is 0 Å². The third-order valence-electron chi connectivity index (χ3n) is 3.16. The van der Waals surface area contributed by atoms with E-state index in [1.165, 1.54) is 5.56 Å². The summed E-state index contributed by atoms with van der Waals surface area (Å²) in [4.78, 5) is 2.36. The Bertz CT molecular complexity index is 310. The molecule has 0 aromatic heterocycles. The Hall–Kier alpha value is -0.570. The highest BCUT2D eigenvalue weighted by Crippen LogP contribution is 2.22. The molecule has 0 fully saturated rings. The van der Waals surface area contributed by atoms with E-state index in [4.69, 9.17) is 11.6 Å². The van der Waals surface area contributed by atoms with Gasteiger partial charge in [0, 0.05) is 23.7 Å². The lowest BCUT2D eigenvalue weighted by Gasteiger charge is -2.31. The second kappa shape index (κ2) is 6.24. The van der Waals surface area contributed by atoms with Crippen molar-refractivity contribution < 1.29 is 0 Å². The molecule has 2 nitrogen and oxygen atoms in total.